The molecule has 1 heterocycles. The fourth-order valence-electron chi connectivity index (χ4n) is 2.15. The summed E-state index contributed by atoms with van der Waals surface area (Å²) in [4.78, 5) is 16.8. The molecule has 0 aliphatic rings. The van der Waals surface area contributed by atoms with Crippen LogP contribution in [0.3, 0.4) is 0 Å². The molecule has 1 aromatic heterocycles. The number of halogens is 1. The number of nitrogens with one attached hydrogen (secondary N) is 1. The quantitative estimate of drug-likeness (QED) is 0.461. The molecule has 124 valence electrons. The molecule has 3 aromatic rings. The largest absolute Gasteiger partial charge is 0.322 e. The van der Waals surface area contributed by atoms with E-state index in [1.54, 1.807) is 23.1 Å². The maximum atomic E-state index is 12.9. The number of hydrogen-bond acceptors (Lipinski definition) is 4. The van der Waals surface area contributed by atoms with Crippen molar-refractivity contribution in [1.29, 1.82) is 0 Å². The van der Waals surface area contributed by atoms with Gasteiger partial charge >= 0.3 is 0 Å². The Bertz CT molecular complexity index is 846. The molecule has 0 saturated heterocycles. The number of fused-ring (bicyclic) bond motifs is 1. The lowest BCUT2D eigenvalue weighted by Gasteiger charge is -2.05. The smallest absolute Gasteiger partial charge is 0.255 e. The normalized spacial score (nSPS) is 10.9. The number of anilines is 1. The molecule has 0 atom stereocenters. The first-order valence-electron chi connectivity index (χ1n) is 7.76. The lowest BCUT2D eigenvalue weighted by Crippen LogP contribution is -2.11. The minimum Gasteiger partial charge on any atom is -0.322 e. The van der Waals surface area contributed by atoms with Gasteiger partial charge in [-0.1, -0.05) is 25.1 Å². The van der Waals surface area contributed by atoms with Crippen molar-refractivity contribution in [1.82, 2.24) is 4.98 Å². The van der Waals surface area contributed by atoms with E-state index in [9.17, 15) is 9.18 Å². The molecule has 1 N–H and O–H groups in total. The van der Waals surface area contributed by atoms with Crippen molar-refractivity contribution >= 4 is 44.9 Å². The molecule has 0 fully saturated rings. The molecule has 2 aromatic carbocycles. The number of benzene rings is 2. The number of thiazole rings is 1. The monoisotopic (exact) mass is 360 g/mol. The molecule has 0 bridgehead atoms. The van der Waals surface area contributed by atoms with Gasteiger partial charge in [0.2, 0.25) is 0 Å². The van der Waals surface area contributed by atoms with Gasteiger partial charge < -0.3 is 5.32 Å². The van der Waals surface area contributed by atoms with E-state index >= 15 is 0 Å². The summed E-state index contributed by atoms with van der Waals surface area (Å²) in [5.74, 6) is 0.465. The van der Waals surface area contributed by atoms with E-state index in [4.69, 9.17) is 0 Å². The van der Waals surface area contributed by atoms with E-state index in [-0.39, 0.29) is 11.7 Å². The zero-order valence-electron chi connectivity index (χ0n) is 13.2. The SMILES string of the molecule is CCCCSc1nc2ccc(NC(=O)c3ccc(F)cc3)cc2s1. The zero-order chi connectivity index (χ0) is 16.9. The van der Waals surface area contributed by atoms with Gasteiger partial charge in [0.1, 0.15) is 5.82 Å². The third-order valence-electron chi connectivity index (χ3n) is 3.46. The van der Waals surface area contributed by atoms with Gasteiger partial charge in [0, 0.05) is 17.0 Å². The topological polar surface area (TPSA) is 42.0 Å². The van der Waals surface area contributed by atoms with E-state index in [1.807, 2.05) is 18.2 Å². The number of carbonyl (C=O) groups excluding carboxylic acids is 1. The molecule has 0 aliphatic heterocycles. The van der Waals surface area contributed by atoms with Gasteiger partial charge in [-0.3, -0.25) is 4.79 Å². The number of hydrogen-bond donors (Lipinski definition) is 1. The number of thioether (sulfide) groups is 1. The highest BCUT2D eigenvalue weighted by molar-refractivity contribution is 8.01. The number of carbonyl (C=O) groups is 1. The molecule has 0 aliphatic carbocycles. The van der Waals surface area contributed by atoms with Crippen LogP contribution in [-0.4, -0.2) is 16.6 Å². The summed E-state index contributed by atoms with van der Waals surface area (Å²) < 4.78 is 15.0. The second-order valence-corrected chi connectivity index (χ2v) is 7.70. The molecular weight excluding hydrogens is 343 g/mol. The van der Waals surface area contributed by atoms with Gasteiger partial charge in [-0.25, -0.2) is 9.37 Å². The van der Waals surface area contributed by atoms with Crippen LogP contribution in [0.25, 0.3) is 10.2 Å². The first-order valence-corrected chi connectivity index (χ1v) is 9.56. The summed E-state index contributed by atoms with van der Waals surface area (Å²) in [5.41, 5.74) is 2.08. The molecule has 0 radical (unpaired) electrons. The van der Waals surface area contributed by atoms with Crippen molar-refractivity contribution in [2.24, 2.45) is 0 Å². The van der Waals surface area contributed by atoms with Crippen molar-refractivity contribution in [2.45, 2.75) is 24.1 Å². The Labute approximate surface area is 148 Å². The summed E-state index contributed by atoms with van der Waals surface area (Å²) in [6.07, 6.45) is 2.36. The van der Waals surface area contributed by atoms with Crippen molar-refractivity contribution in [3.8, 4) is 0 Å². The second kappa shape index (κ2) is 7.77. The van der Waals surface area contributed by atoms with Gasteiger partial charge in [-0.15, -0.1) is 11.3 Å². The summed E-state index contributed by atoms with van der Waals surface area (Å²) in [5, 5.41) is 2.84. The molecule has 3 rings (SSSR count). The van der Waals surface area contributed by atoms with E-state index < -0.39 is 0 Å². The van der Waals surface area contributed by atoms with E-state index in [2.05, 4.69) is 17.2 Å². The van der Waals surface area contributed by atoms with Gasteiger partial charge in [0.25, 0.3) is 5.91 Å². The first kappa shape index (κ1) is 16.9. The predicted molar refractivity (Wildman–Crippen MR) is 99.6 cm³/mol. The van der Waals surface area contributed by atoms with Crippen molar-refractivity contribution in [3.05, 3.63) is 53.8 Å². The van der Waals surface area contributed by atoms with Crippen LogP contribution in [-0.2, 0) is 0 Å². The number of nitrogens with zero attached hydrogens (tertiary/aromatic N) is 1. The van der Waals surface area contributed by atoms with Gasteiger partial charge in [-0.2, -0.15) is 0 Å². The summed E-state index contributed by atoms with van der Waals surface area (Å²) in [7, 11) is 0. The highest BCUT2D eigenvalue weighted by Crippen LogP contribution is 2.31. The Hall–Kier alpha value is -1.92. The van der Waals surface area contributed by atoms with Gasteiger partial charge in [0.05, 0.1) is 10.2 Å². The van der Waals surface area contributed by atoms with E-state index in [0.29, 0.717) is 11.3 Å². The van der Waals surface area contributed by atoms with Crippen LogP contribution in [0.4, 0.5) is 10.1 Å². The molecule has 6 heteroatoms. The van der Waals surface area contributed by atoms with Crippen molar-refractivity contribution < 1.29 is 9.18 Å². The van der Waals surface area contributed by atoms with E-state index in [1.165, 1.54) is 37.1 Å². The fraction of sp³-hybridized carbons (Fsp3) is 0.222. The van der Waals surface area contributed by atoms with Crippen LogP contribution >= 0.6 is 23.1 Å². The van der Waals surface area contributed by atoms with Crippen LogP contribution in [0, 0.1) is 5.82 Å². The molecule has 24 heavy (non-hydrogen) atoms. The number of amides is 1. The molecule has 0 saturated carbocycles. The van der Waals surface area contributed by atoms with Crippen LogP contribution in [0.1, 0.15) is 30.1 Å². The third kappa shape index (κ3) is 4.13. The van der Waals surface area contributed by atoms with Gasteiger partial charge in [0.15, 0.2) is 4.34 Å². The summed E-state index contributed by atoms with van der Waals surface area (Å²) >= 11 is 3.41. The zero-order valence-corrected chi connectivity index (χ0v) is 14.8. The second-order valence-electron chi connectivity index (χ2n) is 5.33. The maximum absolute atomic E-state index is 12.9. The Morgan fingerprint density at radius 1 is 1.25 bits per heavy atom. The summed E-state index contributed by atoms with van der Waals surface area (Å²) in [6.45, 7) is 2.18. The van der Waals surface area contributed by atoms with Crippen LogP contribution < -0.4 is 5.32 Å². The molecular formula is C18H17FN2OS2. The standard InChI is InChI=1S/C18H17FN2OS2/c1-2-3-10-23-18-21-15-9-8-14(11-16(15)24-18)20-17(22)12-4-6-13(19)7-5-12/h4-9,11H,2-3,10H2,1H3,(H,20,22). The summed E-state index contributed by atoms with van der Waals surface area (Å²) in [6, 6.07) is 11.2. The highest BCUT2D eigenvalue weighted by atomic mass is 32.2. The predicted octanol–water partition coefficient (Wildman–Crippen LogP) is 5.58. The highest BCUT2D eigenvalue weighted by Gasteiger charge is 2.09. The Kier molecular flexibility index (Phi) is 5.48. The Balaban J connectivity index is 1.72. The van der Waals surface area contributed by atoms with E-state index in [0.717, 1.165) is 20.3 Å². The third-order valence-corrected chi connectivity index (χ3v) is 5.70. The molecule has 0 spiro atoms. The minimum absolute atomic E-state index is 0.253. The van der Waals surface area contributed by atoms with Crippen LogP contribution in [0.5, 0.6) is 0 Å². The molecule has 0 unspecified atom stereocenters. The Morgan fingerprint density at radius 2 is 2.04 bits per heavy atom. The van der Waals surface area contributed by atoms with Crippen LogP contribution in [0.2, 0.25) is 0 Å². The number of rotatable bonds is 6. The number of unbranched alkanes of at least 4 members (excludes halogenated alkanes) is 1. The maximum Gasteiger partial charge on any atom is 0.255 e. The van der Waals surface area contributed by atoms with Crippen LogP contribution in [0.15, 0.2) is 46.8 Å². The van der Waals surface area contributed by atoms with Gasteiger partial charge in [-0.05, 0) is 48.9 Å². The fourth-order valence-corrected chi connectivity index (χ4v) is 4.41. The molecule has 3 nitrogen and oxygen atoms in total. The Morgan fingerprint density at radius 3 is 2.79 bits per heavy atom. The number of aromatic nitrogens is 1. The minimum atomic E-state index is -0.356. The molecule has 1 amide bonds. The van der Waals surface area contributed by atoms with Crippen molar-refractivity contribution in [2.75, 3.05) is 11.1 Å². The average molecular weight is 360 g/mol. The first-order chi connectivity index (χ1) is 11.7. The average Bonchev–Trinajstić information content (AvgIpc) is 2.97. The lowest BCUT2D eigenvalue weighted by molar-refractivity contribution is 0.102. The van der Waals surface area contributed by atoms with Crippen molar-refractivity contribution in [3.63, 3.8) is 0 Å². The lowest BCUT2D eigenvalue weighted by atomic mass is 10.2.